The Balaban J connectivity index is 2.08. The average molecular weight is 444 g/mol. The number of nitrogens with zero attached hydrogens (tertiary/aromatic N) is 1. The first-order chi connectivity index (χ1) is 14.3. The average Bonchev–Trinajstić information content (AvgIpc) is 2.67. The van der Waals surface area contributed by atoms with Crippen molar-refractivity contribution < 1.29 is 18.0 Å². The zero-order valence-electron chi connectivity index (χ0n) is 19.3. The van der Waals surface area contributed by atoms with Gasteiger partial charge < -0.3 is 0 Å². The van der Waals surface area contributed by atoms with Gasteiger partial charge in [0.1, 0.15) is 0 Å². The maximum Gasteiger partial charge on any atom is 0.246 e. The summed E-state index contributed by atoms with van der Waals surface area (Å²) in [6, 6.07) is 13.5. The van der Waals surface area contributed by atoms with Crippen LogP contribution in [0.3, 0.4) is 0 Å². The van der Waals surface area contributed by atoms with Crippen molar-refractivity contribution in [2.75, 3.05) is 0 Å². The number of Topliss-reactive ketones (excluding diaryl/α,β-unsaturated/α-hetero) is 1. The van der Waals surface area contributed by atoms with Crippen LogP contribution in [-0.2, 0) is 14.7 Å². The lowest BCUT2D eigenvalue weighted by molar-refractivity contribution is -0.281. The molecule has 6 heteroatoms. The van der Waals surface area contributed by atoms with Crippen LogP contribution in [0.4, 0.5) is 0 Å². The molecule has 5 nitrogen and oxygen atoms in total. The summed E-state index contributed by atoms with van der Waals surface area (Å²) >= 11 is 0. The Kier molecular flexibility index (Phi) is 6.47. The molecule has 1 saturated heterocycles. The summed E-state index contributed by atoms with van der Waals surface area (Å²) in [7, 11) is -4.09. The molecule has 31 heavy (non-hydrogen) atoms. The van der Waals surface area contributed by atoms with Gasteiger partial charge in [-0.1, -0.05) is 47.5 Å². The van der Waals surface area contributed by atoms with E-state index in [2.05, 4.69) is 0 Å². The van der Waals surface area contributed by atoms with Gasteiger partial charge in [-0.3, -0.25) is 9.63 Å². The molecule has 3 rings (SSSR count). The molecule has 1 aliphatic heterocycles. The maximum atomic E-state index is 13.6. The SMILES string of the molecule is Cc1ccc(C(=O)C(ON2C(C)(C)CCCC2(C)C)S(=O)(=O)c2ccc(C)cc2)cc1. The second-order valence-corrected chi connectivity index (χ2v) is 11.8. The number of hydroxylamine groups is 2. The van der Waals surface area contributed by atoms with Crippen LogP contribution >= 0.6 is 0 Å². The highest BCUT2D eigenvalue weighted by atomic mass is 32.2. The number of piperidine rings is 1. The number of ketones is 1. The number of aryl methyl sites for hydroxylation is 2. The first-order valence-electron chi connectivity index (χ1n) is 10.7. The molecule has 1 fully saturated rings. The van der Waals surface area contributed by atoms with Crippen LogP contribution in [0, 0.1) is 13.8 Å². The summed E-state index contributed by atoms with van der Waals surface area (Å²) in [5.41, 5.74) is -0.214. The summed E-state index contributed by atoms with van der Waals surface area (Å²) in [4.78, 5) is 19.8. The lowest BCUT2D eigenvalue weighted by Crippen LogP contribution is -2.60. The number of sulfone groups is 1. The predicted octanol–water partition coefficient (Wildman–Crippen LogP) is 5.26. The smallest absolute Gasteiger partial charge is 0.246 e. The van der Waals surface area contributed by atoms with Crippen LogP contribution in [0.1, 0.15) is 68.4 Å². The van der Waals surface area contributed by atoms with E-state index < -0.39 is 32.1 Å². The van der Waals surface area contributed by atoms with Crippen molar-refractivity contribution in [3.8, 4) is 0 Å². The van der Waals surface area contributed by atoms with Crippen molar-refractivity contribution >= 4 is 15.6 Å². The standard InChI is InChI=1S/C25H33NO4S/c1-18-8-12-20(13-9-18)22(27)23(31(28,29)21-14-10-19(2)11-15-21)30-26-24(3,4)16-7-17-25(26,5)6/h8-15,23H,7,16-17H2,1-6H3. The highest BCUT2D eigenvalue weighted by molar-refractivity contribution is 7.92. The second-order valence-electron chi connectivity index (χ2n) is 9.80. The Morgan fingerprint density at radius 3 is 1.81 bits per heavy atom. The van der Waals surface area contributed by atoms with Crippen LogP contribution in [0.15, 0.2) is 53.4 Å². The minimum Gasteiger partial charge on any atom is -0.290 e. The van der Waals surface area contributed by atoms with Crippen LogP contribution < -0.4 is 0 Å². The zero-order valence-corrected chi connectivity index (χ0v) is 20.1. The Labute approximate surface area is 186 Å². The van der Waals surface area contributed by atoms with E-state index in [0.717, 1.165) is 30.4 Å². The molecule has 0 aromatic heterocycles. The van der Waals surface area contributed by atoms with E-state index in [1.807, 2.05) is 41.5 Å². The van der Waals surface area contributed by atoms with Gasteiger partial charge in [-0.15, -0.1) is 0 Å². The minimum absolute atomic E-state index is 0.0798. The molecule has 0 bridgehead atoms. The first kappa shape index (κ1) is 23.6. The molecule has 0 saturated carbocycles. The summed E-state index contributed by atoms with van der Waals surface area (Å²) in [5, 5.41) is 1.74. The first-order valence-corrected chi connectivity index (χ1v) is 12.3. The molecule has 168 valence electrons. The fourth-order valence-corrected chi connectivity index (χ4v) is 5.69. The third kappa shape index (κ3) is 4.92. The van der Waals surface area contributed by atoms with Gasteiger partial charge in [0.15, 0.2) is 0 Å². The summed E-state index contributed by atoms with van der Waals surface area (Å²) in [6.45, 7) is 11.9. The Bertz CT molecular complexity index is 1020. The molecule has 0 N–H and O–H groups in total. The molecule has 0 aliphatic carbocycles. The number of hydrogen-bond acceptors (Lipinski definition) is 5. The number of carbonyl (C=O) groups is 1. The molecular weight excluding hydrogens is 410 g/mol. The molecule has 1 heterocycles. The summed E-state index contributed by atoms with van der Waals surface area (Å²) in [6.07, 6.45) is 2.72. The quantitative estimate of drug-likeness (QED) is 0.570. The van der Waals surface area contributed by atoms with Gasteiger partial charge in [0.25, 0.3) is 0 Å². The maximum absolute atomic E-state index is 13.6. The molecule has 2 aromatic carbocycles. The van der Waals surface area contributed by atoms with Gasteiger partial charge in [0.2, 0.25) is 21.1 Å². The Morgan fingerprint density at radius 2 is 1.32 bits per heavy atom. The van der Waals surface area contributed by atoms with Crippen molar-refractivity contribution in [1.29, 1.82) is 0 Å². The van der Waals surface area contributed by atoms with Crippen LogP contribution in [0.25, 0.3) is 0 Å². The predicted molar refractivity (Wildman–Crippen MR) is 123 cm³/mol. The number of carbonyl (C=O) groups excluding carboxylic acids is 1. The molecule has 0 radical (unpaired) electrons. The van der Waals surface area contributed by atoms with E-state index in [-0.39, 0.29) is 4.90 Å². The largest absolute Gasteiger partial charge is 0.290 e. The fourth-order valence-electron chi connectivity index (χ4n) is 4.31. The number of hydrogen-bond donors (Lipinski definition) is 0. The highest BCUT2D eigenvalue weighted by Crippen LogP contribution is 2.40. The van der Waals surface area contributed by atoms with Gasteiger partial charge in [0, 0.05) is 16.6 Å². The summed E-state index contributed by atoms with van der Waals surface area (Å²) in [5.74, 6) is -0.558. The monoisotopic (exact) mass is 443 g/mol. The molecule has 1 unspecified atom stereocenters. The lowest BCUT2D eigenvalue weighted by atomic mass is 9.82. The lowest BCUT2D eigenvalue weighted by Gasteiger charge is -2.52. The zero-order chi connectivity index (χ0) is 23.0. The van der Waals surface area contributed by atoms with E-state index in [1.54, 1.807) is 41.5 Å². The van der Waals surface area contributed by atoms with Gasteiger partial charge in [-0.2, -0.15) is 5.06 Å². The third-order valence-corrected chi connectivity index (χ3v) is 7.85. The Morgan fingerprint density at radius 1 is 0.871 bits per heavy atom. The minimum atomic E-state index is -4.09. The van der Waals surface area contributed by atoms with E-state index in [1.165, 1.54) is 12.1 Å². The highest BCUT2D eigenvalue weighted by Gasteiger charge is 2.47. The molecule has 1 atom stereocenters. The van der Waals surface area contributed by atoms with E-state index in [4.69, 9.17) is 4.84 Å². The van der Waals surface area contributed by atoms with E-state index in [9.17, 15) is 13.2 Å². The number of rotatable bonds is 6. The molecule has 0 spiro atoms. The van der Waals surface area contributed by atoms with Crippen molar-refractivity contribution in [3.63, 3.8) is 0 Å². The van der Waals surface area contributed by atoms with E-state index >= 15 is 0 Å². The van der Waals surface area contributed by atoms with Crippen LogP contribution in [-0.4, -0.2) is 35.8 Å². The van der Waals surface area contributed by atoms with Crippen LogP contribution in [0.2, 0.25) is 0 Å². The summed E-state index contributed by atoms with van der Waals surface area (Å²) < 4.78 is 27.3. The molecule has 0 amide bonds. The normalized spacial score (nSPS) is 19.7. The van der Waals surface area contributed by atoms with Gasteiger partial charge in [-0.05, 0) is 72.9 Å². The third-order valence-electron chi connectivity index (χ3n) is 6.06. The van der Waals surface area contributed by atoms with Crippen molar-refractivity contribution in [2.45, 2.75) is 82.2 Å². The van der Waals surface area contributed by atoms with Crippen molar-refractivity contribution in [3.05, 3.63) is 65.2 Å². The second kappa shape index (κ2) is 8.49. The van der Waals surface area contributed by atoms with Crippen molar-refractivity contribution in [2.24, 2.45) is 0 Å². The van der Waals surface area contributed by atoms with Crippen molar-refractivity contribution in [1.82, 2.24) is 5.06 Å². The Hall–Kier alpha value is -2.02. The number of benzene rings is 2. The molecule has 2 aromatic rings. The molecule has 1 aliphatic rings. The van der Waals surface area contributed by atoms with E-state index in [0.29, 0.717) is 5.56 Å². The fraction of sp³-hybridized carbons (Fsp3) is 0.480. The topological polar surface area (TPSA) is 63.7 Å². The van der Waals surface area contributed by atoms with Gasteiger partial charge in [0.05, 0.1) is 4.90 Å². The van der Waals surface area contributed by atoms with Gasteiger partial charge >= 0.3 is 0 Å². The van der Waals surface area contributed by atoms with Crippen LogP contribution in [0.5, 0.6) is 0 Å². The van der Waals surface area contributed by atoms with Gasteiger partial charge in [-0.25, -0.2) is 8.42 Å². The molecular formula is C25H33NO4S.